The molecule has 1 fully saturated rings. The van der Waals surface area contributed by atoms with Crippen LogP contribution in [0.5, 0.6) is 5.75 Å². The molecule has 0 atom stereocenters. The predicted octanol–water partition coefficient (Wildman–Crippen LogP) is 2.94. The third-order valence-corrected chi connectivity index (χ3v) is 5.13. The number of hydrogen-bond acceptors (Lipinski definition) is 5. The number of hydrogen-bond donors (Lipinski definition) is 2. The number of carbonyl (C=O) groups excluding carboxylic acids is 4. The van der Waals surface area contributed by atoms with Crippen molar-refractivity contribution in [3.05, 3.63) is 62.6 Å². The van der Waals surface area contributed by atoms with Crippen molar-refractivity contribution < 1.29 is 23.9 Å². The molecule has 0 aromatic heterocycles. The van der Waals surface area contributed by atoms with Gasteiger partial charge in [-0.2, -0.15) is 0 Å². The molecule has 0 bridgehead atoms. The molecule has 0 aliphatic carbocycles. The van der Waals surface area contributed by atoms with E-state index in [1.54, 1.807) is 43.3 Å². The van der Waals surface area contributed by atoms with Gasteiger partial charge in [-0.25, -0.2) is 9.69 Å². The summed E-state index contributed by atoms with van der Waals surface area (Å²) in [5.41, 5.74) is 5.91. The van der Waals surface area contributed by atoms with Gasteiger partial charge in [-0.15, -0.1) is 0 Å². The number of carbonyl (C=O) groups is 4. The molecule has 1 aliphatic rings. The molecular formula is C20H15BrClN3O5. The van der Waals surface area contributed by atoms with Gasteiger partial charge in [0.15, 0.2) is 6.61 Å². The van der Waals surface area contributed by atoms with Crippen LogP contribution >= 0.6 is 27.5 Å². The lowest BCUT2D eigenvalue weighted by atomic mass is 10.0. The second kappa shape index (κ2) is 8.68. The highest BCUT2D eigenvalue weighted by Gasteiger charge is 2.37. The molecule has 0 unspecified atom stereocenters. The van der Waals surface area contributed by atoms with Crippen LogP contribution in [-0.2, 0) is 14.4 Å². The van der Waals surface area contributed by atoms with Crippen LogP contribution in [0.15, 0.2) is 46.4 Å². The Labute approximate surface area is 184 Å². The molecular weight excluding hydrogens is 478 g/mol. The first-order chi connectivity index (χ1) is 14.2. The molecule has 2 aromatic rings. The second-order valence-corrected chi connectivity index (χ2v) is 7.60. The van der Waals surface area contributed by atoms with Crippen molar-refractivity contribution in [1.29, 1.82) is 0 Å². The molecule has 8 nitrogen and oxygen atoms in total. The number of anilines is 1. The van der Waals surface area contributed by atoms with Gasteiger partial charge in [0.2, 0.25) is 0 Å². The number of barbiturate groups is 1. The Morgan fingerprint density at radius 3 is 2.70 bits per heavy atom. The number of nitrogens with one attached hydrogen (secondary N) is 1. The first-order valence-electron chi connectivity index (χ1n) is 8.56. The summed E-state index contributed by atoms with van der Waals surface area (Å²) in [7, 11) is 0. The molecule has 3 N–H and O–H groups in total. The second-order valence-electron chi connectivity index (χ2n) is 6.28. The quantitative estimate of drug-likeness (QED) is 0.491. The molecule has 1 heterocycles. The number of benzene rings is 2. The molecule has 0 saturated carbocycles. The van der Waals surface area contributed by atoms with Gasteiger partial charge in [-0.3, -0.25) is 19.7 Å². The first kappa shape index (κ1) is 21.5. The fourth-order valence-corrected chi connectivity index (χ4v) is 3.33. The summed E-state index contributed by atoms with van der Waals surface area (Å²) in [5, 5.41) is 2.51. The van der Waals surface area contributed by atoms with Gasteiger partial charge < -0.3 is 10.5 Å². The fourth-order valence-electron chi connectivity index (χ4n) is 2.78. The van der Waals surface area contributed by atoms with Crippen LogP contribution in [0.4, 0.5) is 10.5 Å². The molecule has 1 saturated heterocycles. The predicted molar refractivity (Wildman–Crippen MR) is 114 cm³/mol. The number of rotatable bonds is 5. The third-order valence-electron chi connectivity index (χ3n) is 4.22. The topological polar surface area (TPSA) is 119 Å². The Balaban J connectivity index is 2.06. The molecule has 1 aliphatic heterocycles. The lowest BCUT2D eigenvalue weighted by molar-refractivity contribution is -0.123. The van der Waals surface area contributed by atoms with Crippen LogP contribution in [0.3, 0.4) is 0 Å². The normalized spacial score (nSPS) is 15.4. The van der Waals surface area contributed by atoms with Crippen LogP contribution in [0.25, 0.3) is 6.08 Å². The van der Waals surface area contributed by atoms with E-state index < -0.39 is 23.8 Å². The average Bonchev–Trinajstić information content (AvgIpc) is 2.67. The van der Waals surface area contributed by atoms with Gasteiger partial charge in [-0.1, -0.05) is 33.6 Å². The monoisotopic (exact) mass is 491 g/mol. The number of urea groups is 1. The van der Waals surface area contributed by atoms with E-state index in [9.17, 15) is 19.2 Å². The van der Waals surface area contributed by atoms with E-state index in [0.29, 0.717) is 20.6 Å². The van der Waals surface area contributed by atoms with Crippen molar-refractivity contribution in [3.8, 4) is 5.75 Å². The number of ether oxygens (including phenoxy) is 1. The number of imide groups is 2. The van der Waals surface area contributed by atoms with E-state index in [2.05, 4.69) is 21.2 Å². The average molecular weight is 493 g/mol. The van der Waals surface area contributed by atoms with Gasteiger partial charge in [-0.05, 0) is 48.9 Å². The Morgan fingerprint density at radius 1 is 1.27 bits per heavy atom. The summed E-state index contributed by atoms with van der Waals surface area (Å²) in [6.45, 7) is 1.27. The first-order valence-corrected chi connectivity index (χ1v) is 9.73. The molecule has 2 aromatic carbocycles. The highest BCUT2D eigenvalue weighted by Crippen LogP contribution is 2.31. The summed E-state index contributed by atoms with van der Waals surface area (Å²) in [4.78, 5) is 49.8. The maximum atomic E-state index is 13.1. The summed E-state index contributed by atoms with van der Waals surface area (Å²) in [6.07, 6.45) is 1.28. The highest BCUT2D eigenvalue weighted by atomic mass is 79.9. The minimum Gasteiger partial charge on any atom is -0.483 e. The van der Waals surface area contributed by atoms with Gasteiger partial charge in [0.05, 0.1) is 5.69 Å². The molecule has 30 heavy (non-hydrogen) atoms. The van der Waals surface area contributed by atoms with Gasteiger partial charge >= 0.3 is 6.03 Å². The Kier molecular flexibility index (Phi) is 6.23. The maximum absolute atomic E-state index is 13.1. The molecule has 10 heteroatoms. The van der Waals surface area contributed by atoms with Gasteiger partial charge in [0.25, 0.3) is 17.7 Å². The zero-order valence-electron chi connectivity index (χ0n) is 15.6. The lowest BCUT2D eigenvalue weighted by Crippen LogP contribution is -2.54. The zero-order chi connectivity index (χ0) is 22.0. The maximum Gasteiger partial charge on any atom is 0.335 e. The van der Waals surface area contributed by atoms with E-state index in [-0.39, 0.29) is 23.6 Å². The van der Waals surface area contributed by atoms with Crippen LogP contribution in [0.2, 0.25) is 5.02 Å². The van der Waals surface area contributed by atoms with Crippen molar-refractivity contribution in [2.24, 2.45) is 5.73 Å². The number of amides is 5. The Hall–Kier alpha value is -3.17. The van der Waals surface area contributed by atoms with Crippen LogP contribution in [-0.4, -0.2) is 30.4 Å². The molecule has 0 radical (unpaired) electrons. The van der Waals surface area contributed by atoms with Crippen molar-refractivity contribution in [1.82, 2.24) is 5.32 Å². The molecule has 154 valence electrons. The van der Waals surface area contributed by atoms with E-state index in [1.807, 2.05) is 0 Å². The summed E-state index contributed by atoms with van der Waals surface area (Å²) >= 11 is 9.42. The van der Waals surface area contributed by atoms with E-state index >= 15 is 0 Å². The van der Waals surface area contributed by atoms with Crippen LogP contribution in [0.1, 0.15) is 11.1 Å². The standard InChI is InChI=1S/C20H15BrClN3O5/c1-10-14(22)3-2-4-15(10)25-19(28)13(18(27)24-20(25)29)8-11-7-12(21)5-6-16(11)30-9-17(23)26/h2-8H,9H2,1H3,(H2,23,26)(H,24,27,29)/b13-8+. The van der Waals surface area contributed by atoms with Crippen molar-refractivity contribution in [2.45, 2.75) is 6.92 Å². The van der Waals surface area contributed by atoms with Crippen molar-refractivity contribution in [3.63, 3.8) is 0 Å². The van der Waals surface area contributed by atoms with Gasteiger partial charge in [0.1, 0.15) is 11.3 Å². The third kappa shape index (κ3) is 4.37. The SMILES string of the molecule is Cc1c(Cl)cccc1N1C(=O)NC(=O)/C(=C\c2cc(Br)ccc2OCC(N)=O)C1=O. The minimum atomic E-state index is -0.882. The number of primary amides is 1. The van der Waals surface area contributed by atoms with E-state index in [1.165, 1.54) is 6.08 Å². The van der Waals surface area contributed by atoms with Crippen LogP contribution < -0.4 is 20.7 Å². The van der Waals surface area contributed by atoms with E-state index in [4.69, 9.17) is 22.1 Å². The summed E-state index contributed by atoms with van der Waals surface area (Å²) < 4.78 is 5.99. The smallest absolute Gasteiger partial charge is 0.335 e. The number of nitrogens with zero attached hydrogens (tertiary/aromatic N) is 1. The largest absolute Gasteiger partial charge is 0.483 e. The summed E-state index contributed by atoms with van der Waals surface area (Å²) in [6, 6.07) is 8.68. The molecule has 5 amide bonds. The minimum absolute atomic E-state index is 0.229. The number of nitrogens with two attached hydrogens (primary N) is 1. The van der Waals surface area contributed by atoms with E-state index in [0.717, 1.165) is 4.90 Å². The zero-order valence-corrected chi connectivity index (χ0v) is 17.9. The van der Waals surface area contributed by atoms with Gasteiger partial charge in [0, 0.05) is 15.1 Å². The van der Waals surface area contributed by atoms with Crippen molar-refractivity contribution in [2.75, 3.05) is 11.5 Å². The highest BCUT2D eigenvalue weighted by molar-refractivity contribution is 9.10. The Bertz CT molecular complexity index is 1120. The lowest BCUT2D eigenvalue weighted by Gasteiger charge is -2.27. The molecule has 3 rings (SSSR count). The number of halogens is 2. The molecule has 0 spiro atoms. The summed E-state index contributed by atoms with van der Waals surface area (Å²) in [5.74, 6) is -2.14. The van der Waals surface area contributed by atoms with Crippen molar-refractivity contribution >= 4 is 63.0 Å². The fraction of sp³-hybridized carbons (Fsp3) is 0.100. The van der Waals surface area contributed by atoms with Crippen LogP contribution in [0, 0.1) is 6.92 Å². The Morgan fingerprint density at radius 2 is 2.00 bits per heavy atom.